The summed E-state index contributed by atoms with van der Waals surface area (Å²) in [5.41, 5.74) is 0.697. The van der Waals surface area contributed by atoms with Crippen molar-refractivity contribution >= 4 is 5.78 Å². The number of benzene rings is 1. The third-order valence-corrected chi connectivity index (χ3v) is 10.4. The molecule has 0 saturated carbocycles. The number of unbranched alkanes of at least 4 members (excludes halogenated alkanes) is 32. The molecular weight excluding hydrogens is 601 g/mol. The predicted molar refractivity (Wildman–Crippen MR) is 216 cm³/mol. The Morgan fingerprint density at radius 2 is 0.653 bits per heavy atom. The summed E-state index contributed by atoms with van der Waals surface area (Å²) in [4.78, 5) is 12.0. The van der Waals surface area contributed by atoms with Crippen molar-refractivity contribution in [1.29, 1.82) is 0 Å². The molecule has 0 saturated heterocycles. The highest BCUT2D eigenvalue weighted by Gasteiger charge is 2.10. The zero-order valence-electron chi connectivity index (χ0n) is 33.4. The molecule has 0 amide bonds. The molecule has 0 bridgehead atoms. The lowest BCUT2D eigenvalue weighted by Gasteiger charge is -2.14. The predicted octanol–water partition coefficient (Wildman–Crippen LogP) is 15.9. The van der Waals surface area contributed by atoms with E-state index in [1.807, 2.05) is 18.2 Å². The summed E-state index contributed by atoms with van der Waals surface area (Å²) in [5, 5.41) is 0. The molecule has 0 radical (unpaired) electrons. The molecular formula is C46H84O3. The summed E-state index contributed by atoms with van der Waals surface area (Å²) in [6.07, 6.45) is 46.8. The monoisotopic (exact) mass is 685 g/mol. The van der Waals surface area contributed by atoms with Gasteiger partial charge in [-0.15, -0.1) is 0 Å². The highest BCUT2D eigenvalue weighted by Crippen LogP contribution is 2.29. The second-order valence-electron chi connectivity index (χ2n) is 15.2. The molecule has 0 atom stereocenters. The van der Waals surface area contributed by atoms with Gasteiger partial charge in [-0.1, -0.05) is 219 Å². The zero-order valence-corrected chi connectivity index (χ0v) is 33.4. The Kier molecular flexibility index (Phi) is 33.7. The van der Waals surface area contributed by atoms with E-state index in [1.54, 1.807) is 6.92 Å². The molecule has 0 unspecified atom stereocenters. The summed E-state index contributed by atoms with van der Waals surface area (Å²) < 4.78 is 12.3. The minimum Gasteiger partial charge on any atom is -0.490 e. The second kappa shape index (κ2) is 36.3. The van der Waals surface area contributed by atoms with Crippen LogP contribution in [0, 0.1) is 0 Å². The van der Waals surface area contributed by atoms with Gasteiger partial charge in [0.1, 0.15) is 0 Å². The largest absolute Gasteiger partial charge is 0.490 e. The first-order valence-electron chi connectivity index (χ1n) is 22.1. The van der Waals surface area contributed by atoms with Gasteiger partial charge < -0.3 is 9.47 Å². The number of ether oxygens (including phenoxy) is 2. The fraction of sp³-hybridized carbons (Fsp3) is 0.848. The van der Waals surface area contributed by atoms with Gasteiger partial charge in [0.2, 0.25) is 0 Å². The van der Waals surface area contributed by atoms with Crippen LogP contribution in [0.15, 0.2) is 18.2 Å². The Morgan fingerprint density at radius 3 is 0.939 bits per heavy atom. The van der Waals surface area contributed by atoms with Gasteiger partial charge in [0.05, 0.1) is 13.2 Å². The maximum absolute atomic E-state index is 12.0. The van der Waals surface area contributed by atoms with E-state index in [0.29, 0.717) is 18.8 Å². The number of hydrogen-bond acceptors (Lipinski definition) is 3. The van der Waals surface area contributed by atoms with Crippen LogP contribution in [0.2, 0.25) is 0 Å². The molecule has 0 aromatic heterocycles. The second-order valence-corrected chi connectivity index (χ2v) is 15.2. The molecule has 0 fully saturated rings. The first kappa shape index (κ1) is 45.5. The maximum atomic E-state index is 12.0. The summed E-state index contributed by atoms with van der Waals surface area (Å²) in [6.45, 7) is 7.61. The van der Waals surface area contributed by atoms with Gasteiger partial charge in [-0.05, 0) is 38.0 Å². The lowest BCUT2D eigenvalue weighted by molar-refractivity contribution is 0.101. The summed E-state index contributed by atoms with van der Waals surface area (Å²) in [5.74, 6) is 1.59. The van der Waals surface area contributed by atoms with Crippen LogP contribution in [0.1, 0.15) is 249 Å². The van der Waals surface area contributed by atoms with Crippen LogP contribution in [-0.2, 0) is 0 Å². The standard InChI is InChI=1S/C46H84O3/c1-4-6-8-10-12-14-16-18-20-22-24-26-28-30-32-34-36-40-48-45-39-38-44(43(3)47)42-46(45)49-41-37-35-33-31-29-27-25-23-21-19-17-15-13-11-9-7-5-2/h38-39,42H,4-37,40-41H2,1-3H3. The van der Waals surface area contributed by atoms with Crippen molar-refractivity contribution in [2.75, 3.05) is 13.2 Å². The number of Topliss-reactive ketones (excluding diaryl/α,β-unsaturated/α-hetero) is 1. The summed E-state index contributed by atoms with van der Waals surface area (Å²) in [6, 6.07) is 5.67. The highest BCUT2D eigenvalue weighted by molar-refractivity contribution is 5.94. The molecule has 0 aliphatic rings. The normalized spacial score (nSPS) is 11.3. The SMILES string of the molecule is CCCCCCCCCCCCCCCCCCCOc1ccc(C(C)=O)cc1OCCCCCCCCCCCCCCCCCCC. The minimum absolute atomic E-state index is 0.0716. The van der Waals surface area contributed by atoms with Crippen molar-refractivity contribution in [2.45, 2.75) is 239 Å². The van der Waals surface area contributed by atoms with E-state index in [2.05, 4.69) is 13.8 Å². The summed E-state index contributed by atoms with van der Waals surface area (Å²) in [7, 11) is 0. The van der Waals surface area contributed by atoms with Crippen molar-refractivity contribution in [3.8, 4) is 11.5 Å². The third-order valence-electron chi connectivity index (χ3n) is 10.4. The van der Waals surface area contributed by atoms with E-state index in [4.69, 9.17) is 9.47 Å². The van der Waals surface area contributed by atoms with Gasteiger partial charge in [-0.3, -0.25) is 4.79 Å². The van der Waals surface area contributed by atoms with E-state index in [9.17, 15) is 4.79 Å². The molecule has 0 heterocycles. The fourth-order valence-electron chi connectivity index (χ4n) is 6.98. The van der Waals surface area contributed by atoms with E-state index in [0.717, 1.165) is 24.3 Å². The fourth-order valence-corrected chi connectivity index (χ4v) is 6.98. The van der Waals surface area contributed by atoms with Crippen LogP contribution < -0.4 is 9.47 Å². The number of ketones is 1. The molecule has 3 nitrogen and oxygen atoms in total. The van der Waals surface area contributed by atoms with Gasteiger partial charge in [-0.2, -0.15) is 0 Å². The molecule has 1 rings (SSSR count). The van der Waals surface area contributed by atoms with Crippen LogP contribution in [-0.4, -0.2) is 19.0 Å². The quantitative estimate of drug-likeness (QED) is 0.0511. The third kappa shape index (κ3) is 29.9. The molecule has 1 aromatic carbocycles. The molecule has 0 N–H and O–H groups in total. The lowest BCUT2D eigenvalue weighted by atomic mass is 10.0. The van der Waals surface area contributed by atoms with Crippen LogP contribution >= 0.6 is 0 Å². The lowest BCUT2D eigenvalue weighted by Crippen LogP contribution is -2.04. The Bertz CT molecular complexity index is 834. The number of carbonyl (C=O) groups is 1. The van der Waals surface area contributed by atoms with Crippen molar-refractivity contribution < 1.29 is 14.3 Å². The van der Waals surface area contributed by atoms with Crippen molar-refractivity contribution in [1.82, 2.24) is 0 Å². The van der Waals surface area contributed by atoms with E-state index in [1.165, 1.54) is 205 Å². The van der Waals surface area contributed by atoms with Gasteiger partial charge in [0.25, 0.3) is 0 Å². The molecule has 1 aromatic rings. The Labute approximate surface area is 306 Å². The first-order chi connectivity index (χ1) is 24.2. The Morgan fingerprint density at radius 1 is 0.388 bits per heavy atom. The topological polar surface area (TPSA) is 35.5 Å². The van der Waals surface area contributed by atoms with E-state index in [-0.39, 0.29) is 5.78 Å². The summed E-state index contributed by atoms with van der Waals surface area (Å²) >= 11 is 0. The Balaban J connectivity index is 2.02. The number of rotatable bonds is 39. The molecule has 0 spiro atoms. The van der Waals surface area contributed by atoms with E-state index < -0.39 is 0 Å². The van der Waals surface area contributed by atoms with Crippen molar-refractivity contribution in [2.24, 2.45) is 0 Å². The number of hydrogen-bond donors (Lipinski definition) is 0. The van der Waals surface area contributed by atoms with Gasteiger partial charge in [0, 0.05) is 5.56 Å². The van der Waals surface area contributed by atoms with Crippen LogP contribution in [0.25, 0.3) is 0 Å². The molecule has 49 heavy (non-hydrogen) atoms. The molecule has 286 valence electrons. The number of carbonyl (C=O) groups excluding carboxylic acids is 1. The van der Waals surface area contributed by atoms with Crippen LogP contribution in [0.3, 0.4) is 0 Å². The highest BCUT2D eigenvalue weighted by atomic mass is 16.5. The van der Waals surface area contributed by atoms with Crippen LogP contribution in [0.5, 0.6) is 11.5 Å². The average Bonchev–Trinajstić information content (AvgIpc) is 3.10. The molecule has 3 heteroatoms. The minimum atomic E-state index is 0.0716. The molecule has 0 aliphatic carbocycles. The smallest absolute Gasteiger partial charge is 0.161 e. The zero-order chi connectivity index (χ0) is 35.3. The average molecular weight is 685 g/mol. The van der Waals surface area contributed by atoms with Gasteiger partial charge >= 0.3 is 0 Å². The Hall–Kier alpha value is -1.51. The van der Waals surface area contributed by atoms with E-state index >= 15 is 0 Å². The maximum Gasteiger partial charge on any atom is 0.161 e. The van der Waals surface area contributed by atoms with Crippen LogP contribution in [0.4, 0.5) is 0 Å². The van der Waals surface area contributed by atoms with Gasteiger partial charge in [0.15, 0.2) is 17.3 Å². The first-order valence-corrected chi connectivity index (χ1v) is 22.1. The van der Waals surface area contributed by atoms with Crippen molar-refractivity contribution in [3.05, 3.63) is 23.8 Å². The van der Waals surface area contributed by atoms with Crippen molar-refractivity contribution in [3.63, 3.8) is 0 Å². The van der Waals surface area contributed by atoms with Gasteiger partial charge in [-0.25, -0.2) is 0 Å². The molecule has 0 aliphatic heterocycles.